The largest absolute Gasteiger partial charge is 0.481 e. The summed E-state index contributed by atoms with van der Waals surface area (Å²) in [6.45, 7) is -1.82. The number of ether oxygens (including phenoxy) is 1. The highest BCUT2D eigenvalue weighted by Gasteiger charge is 2.36. The van der Waals surface area contributed by atoms with Gasteiger partial charge in [0.15, 0.2) is 5.78 Å². The van der Waals surface area contributed by atoms with Crippen LogP contribution in [0.3, 0.4) is 0 Å². The van der Waals surface area contributed by atoms with Crippen LogP contribution in [0.2, 0.25) is 0 Å². The van der Waals surface area contributed by atoms with Gasteiger partial charge >= 0.3 is 18.2 Å². The van der Waals surface area contributed by atoms with Crippen LogP contribution in [0.15, 0.2) is 24.3 Å². The Morgan fingerprint density at radius 3 is 2.56 bits per heavy atom. The lowest BCUT2D eigenvalue weighted by Gasteiger charge is -2.34. The van der Waals surface area contributed by atoms with Crippen LogP contribution >= 0.6 is 0 Å². The first-order valence-electron chi connectivity index (χ1n) is 9.73. The number of carboxylic acids is 1. The van der Waals surface area contributed by atoms with Crippen molar-refractivity contribution in [2.75, 3.05) is 13.2 Å². The molecule has 0 saturated carbocycles. The van der Waals surface area contributed by atoms with Crippen LogP contribution in [0.5, 0.6) is 0 Å². The van der Waals surface area contributed by atoms with Crippen LogP contribution in [0.25, 0.3) is 0 Å². The highest BCUT2D eigenvalue weighted by molar-refractivity contribution is 5.94. The Labute approximate surface area is 180 Å². The number of amides is 2. The van der Waals surface area contributed by atoms with Gasteiger partial charge in [-0.1, -0.05) is 12.1 Å². The number of likely N-dealkylation sites (tertiary alicyclic amines) is 1. The van der Waals surface area contributed by atoms with Crippen LogP contribution in [0, 0.1) is 0 Å². The number of ketones is 1. The first kappa shape index (κ1) is 25.1. The number of nitrogens with one attached hydrogen (secondary N) is 1. The molecule has 0 bridgehead atoms. The number of hydrogen-bond acceptors (Lipinski definition) is 5. The van der Waals surface area contributed by atoms with E-state index >= 15 is 0 Å². The number of hydrogen-bond donors (Lipinski definition) is 2. The second-order valence-electron chi connectivity index (χ2n) is 7.22. The van der Waals surface area contributed by atoms with Crippen LogP contribution in [0.1, 0.15) is 36.8 Å². The summed E-state index contributed by atoms with van der Waals surface area (Å²) in [6, 6.07) is 1.56. The molecule has 1 aromatic carbocycles. The monoisotopic (exact) mass is 462 g/mol. The van der Waals surface area contributed by atoms with Crippen LogP contribution in [-0.4, -0.2) is 59.1 Å². The summed E-state index contributed by atoms with van der Waals surface area (Å²) in [5, 5.41) is 11.0. The van der Waals surface area contributed by atoms with E-state index in [9.17, 15) is 36.7 Å². The zero-order valence-electron chi connectivity index (χ0n) is 16.9. The Morgan fingerprint density at radius 2 is 1.94 bits per heavy atom. The topological polar surface area (TPSA) is 113 Å². The number of benzene rings is 1. The van der Waals surface area contributed by atoms with Gasteiger partial charge in [0.1, 0.15) is 25.4 Å². The number of Topliss-reactive ketones (excluding diaryl/α,β-unsaturated/α-hetero) is 1. The van der Waals surface area contributed by atoms with Crippen molar-refractivity contribution in [1.82, 2.24) is 10.2 Å². The molecule has 0 aromatic heterocycles. The summed E-state index contributed by atoms with van der Waals surface area (Å²) in [7, 11) is 0. The number of rotatable bonds is 8. The minimum absolute atomic E-state index is 0.0984. The van der Waals surface area contributed by atoms with Crippen molar-refractivity contribution in [3.8, 4) is 0 Å². The third-order valence-electron chi connectivity index (χ3n) is 4.87. The third-order valence-corrected chi connectivity index (χ3v) is 4.87. The van der Waals surface area contributed by atoms with E-state index < -0.39 is 67.3 Å². The van der Waals surface area contributed by atoms with Crippen molar-refractivity contribution in [3.63, 3.8) is 0 Å². The van der Waals surface area contributed by atoms with Gasteiger partial charge in [0, 0.05) is 6.54 Å². The SMILES string of the molecule is O=C(O)C[C@H](NC(=O)[C@@H]1CCCCN1C(=O)OCc1cccc(C(F)(F)F)c1)C(=O)CF. The lowest BCUT2D eigenvalue weighted by molar-refractivity contribution is -0.141. The van der Waals surface area contributed by atoms with Crippen molar-refractivity contribution in [1.29, 1.82) is 0 Å². The average Bonchev–Trinajstić information content (AvgIpc) is 2.75. The zero-order valence-corrected chi connectivity index (χ0v) is 16.9. The lowest BCUT2D eigenvalue weighted by atomic mass is 10.0. The van der Waals surface area contributed by atoms with E-state index in [1.54, 1.807) is 0 Å². The van der Waals surface area contributed by atoms with E-state index in [0.717, 1.165) is 17.0 Å². The van der Waals surface area contributed by atoms with E-state index in [2.05, 4.69) is 5.32 Å². The van der Waals surface area contributed by atoms with E-state index in [4.69, 9.17) is 9.84 Å². The molecule has 0 radical (unpaired) electrons. The number of aliphatic carboxylic acids is 1. The molecule has 1 aliphatic rings. The van der Waals surface area contributed by atoms with Crippen LogP contribution < -0.4 is 5.32 Å². The fourth-order valence-electron chi connectivity index (χ4n) is 3.27. The number of nitrogens with zero attached hydrogens (tertiary/aromatic N) is 1. The molecule has 1 aliphatic heterocycles. The minimum Gasteiger partial charge on any atom is -0.481 e. The Morgan fingerprint density at radius 1 is 1.22 bits per heavy atom. The number of halogens is 4. The molecule has 0 spiro atoms. The maximum Gasteiger partial charge on any atom is 0.416 e. The zero-order chi connectivity index (χ0) is 23.9. The molecule has 176 valence electrons. The maximum absolute atomic E-state index is 12.8. The number of carboxylic acid groups (broad SMARTS) is 1. The molecule has 1 aromatic rings. The second-order valence-corrected chi connectivity index (χ2v) is 7.22. The Kier molecular flexibility index (Phi) is 8.56. The molecule has 0 aliphatic carbocycles. The summed E-state index contributed by atoms with van der Waals surface area (Å²) >= 11 is 0. The van der Waals surface area contributed by atoms with Gasteiger partial charge in [-0.2, -0.15) is 13.2 Å². The van der Waals surface area contributed by atoms with Gasteiger partial charge < -0.3 is 15.2 Å². The second kappa shape index (κ2) is 10.9. The summed E-state index contributed by atoms with van der Waals surface area (Å²) in [5.74, 6) is -3.37. The molecular weight excluding hydrogens is 440 g/mol. The highest BCUT2D eigenvalue weighted by Crippen LogP contribution is 2.29. The maximum atomic E-state index is 12.8. The standard InChI is InChI=1S/C20H22F4N2O6/c21-10-16(27)14(9-17(28)29)25-18(30)15-6-1-2-7-26(15)19(31)32-11-12-4-3-5-13(8-12)20(22,23)24/h3-5,8,14-15H,1-2,6-7,9-11H2,(H,25,30)(H,28,29)/t14-,15-/m0/s1. The summed E-state index contributed by atoms with van der Waals surface area (Å²) in [6.07, 6.45) is -5.05. The molecule has 12 heteroatoms. The molecule has 2 N–H and O–H groups in total. The molecule has 0 unspecified atom stereocenters. The molecule has 1 heterocycles. The normalized spacial score (nSPS) is 17.4. The van der Waals surface area contributed by atoms with Crippen molar-refractivity contribution in [2.24, 2.45) is 0 Å². The van der Waals surface area contributed by atoms with Gasteiger partial charge in [-0.15, -0.1) is 0 Å². The van der Waals surface area contributed by atoms with E-state index in [0.29, 0.717) is 12.8 Å². The summed E-state index contributed by atoms with van der Waals surface area (Å²) < 4.78 is 56.2. The predicted molar refractivity (Wildman–Crippen MR) is 101 cm³/mol. The van der Waals surface area contributed by atoms with E-state index in [1.165, 1.54) is 12.1 Å². The van der Waals surface area contributed by atoms with Gasteiger partial charge in [-0.3, -0.25) is 19.3 Å². The molecule has 32 heavy (non-hydrogen) atoms. The third kappa shape index (κ3) is 6.92. The Bertz CT molecular complexity index is 861. The number of carbonyl (C=O) groups excluding carboxylic acids is 3. The molecule has 2 atom stereocenters. The smallest absolute Gasteiger partial charge is 0.416 e. The van der Waals surface area contributed by atoms with E-state index in [1.807, 2.05) is 0 Å². The highest BCUT2D eigenvalue weighted by atomic mass is 19.4. The van der Waals surface area contributed by atoms with Gasteiger partial charge in [0.25, 0.3) is 0 Å². The first-order chi connectivity index (χ1) is 15.0. The van der Waals surface area contributed by atoms with Crippen molar-refractivity contribution >= 4 is 23.8 Å². The molecule has 1 fully saturated rings. The van der Waals surface area contributed by atoms with Crippen molar-refractivity contribution < 1.29 is 46.6 Å². The Balaban J connectivity index is 2.05. The molecule has 2 rings (SSSR count). The number of alkyl halides is 4. The van der Waals surface area contributed by atoms with Gasteiger partial charge in [-0.25, -0.2) is 9.18 Å². The summed E-state index contributed by atoms with van der Waals surface area (Å²) in [4.78, 5) is 48.6. The van der Waals surface area contributed by atoms with Crippen LogP contribution in [0.4, 0.5) is 22.4 Å². The molecular formula is C20H22F4N2O6. The number of carbonyl (C=O) groups is 4. The van der Waals surface area contributed by atoms with Crippen LogP contribution in [-0.2, 0) is 31.9 Å². The molecule has 1 saturated heterocycles. The summed E-state index contributed by atoms with van der Waals surface area (Å²) in [5.41, 5.74) is -0.801. The fraction of sp³-hybridized carbons (Fsp3) is 0.500. The molecule has 8 nitrogen and oxygen atoms in total. The van der Waals surface area contributed by atoms with Gasteiger partial charge in [0.2, 0.25) is 5.91 Å². The fourth-order valence-corrected chi connectivity index (χ4v) is 3.27. The van der Waals surface area contributed by atoms with Gasteiger partial charge in [0.05, 0.1) is 12.0 Å². The molecule has 2 amide bonds. The van der Waals surface area contributed by atoms with Crippen molar-refractivity contribution in [3.05, 3.63) is 35.4 Å². The predicted octanol–water partition coefficient (Wildman–Crippen LogP) is 2.69. The average molecular weight is 462 g/mol. The van der Waals surface area contributed by atoms with Gasteiger partial charge in [-0.05, 0) is 37.0 Å². The van der Waals surface area contributed by atoms with E-state index in [-0.39, 0.29) is 18.5 Å². The quantitative estimate of drug-likeness (QED) is 0.575. The Hall–Kier alpha value is -3.18. The first-order valence-corrected chi connectivity index (χ1v) is 9.73. The minimum atomic E-state index is -4.56. The number of piperidine rings is 1. The lowest BCUT2D eigenvalue weighted by Crippen LogP contribution is -2.55. The van der Waals surface area contributed by atoms with Crippen molar-refractivity contribution in [2.45, 2.75) is 50.6 Å².